The molecule has 0 saturated carbocycles. The van der Waals surface area contributed by atoms with Crippen molar-refractivity contribution in [1.82, 2.24) is 20.1 Å². The maximum absolute atomic E-state index is 4.63. The number of pyridine rings is 1. The molecule has 0 saturated heterocycles. The summed E-state index contributed by atoms with van der Waals surface area (Å²) >= 11 is 0. The molecule has 0 spiro atoms. The van der Waals surface area contributed by atoms with Crippen molar-refractivity contribution in [2.45, 2.75) is 39.7 Å². The molecule has 4 heteroatoms. The summed E-state index contributed by atoms with van der Waals surface area (Å²) in [5, 5.41) is 8.04. The molecule has 0 aliphatic heterocycles. The number of rotatable bonds is 6. The first-order valence-electron chi connectivity index (χ1n) is 6.92. The molecule has 102 valence electrons. The van der Waals surface area contributed by atoms with Gasteiger partial charge in [0.15, 0.2) is 0 Å². The first kappa shape index (κ1) is 13.7. The van der Waals surface area contributed by atoms with E-state index in [1.165, 1.54) is 5.56 Å². The normalized spacial score (nSPS) is 11.2. The van der Waals surface area contributed by atoms with Crippen LogP contribution in [0.5, 0.6) is 0 Å². The van der Waals surface area contributed by atoms with Gasteiger partial charge in [-0.15, -0.1) is 0 Å². The number of aromatic nitrogens is 3. The molecule has 2 rings (SSSR count). The zero-order chi connectivity index (χ0) is 13.7. The Labute approximate surface area is 114 Å². The average Bonchev–Trinajstić information content (AvgIpc) is 2.89. The summed E-state index contributed by atoms with van der Waals surface area (Å²) in [6, 6.07) is 4.09. The van der Waals surface area contributed by atoms with E-state index in [1.807, 2.05) is 29.3 Å². The van der Waals surface area contributed by atoms with E-state index in [-0.39, 0.29) is 0 Å². The van der Waals surface area contributed by atoms with E-state index in [4.69, 9.17) is 0 Å². The highest BCUT2D eigenvalue weighted by Gasteiger charge is 2.08. The summed E-state index contributed by atoms with van der Waals surface area (Å²) in [5.74, 6) is 0.449. The van der Waals surface area contributed by atoms with Crippen molar-refractivity contribution in [3.8, 4) is 5.69 Å². The van der Waals surface area contributed by atoms with Crippen molar-refractivity contribution in [2.24, 2.45) is 0 Å². The fourth-order valence-electron chi connectivity index (χ4n) is 1.96. The molecule has 0 bridgehead atoms. The van der Waals surface area contributed by atoms with Gasteiger partial charge in [0.2, 0.25) is 0 Å². The van der Waals surface area contributed by atoms with Crippen LogP contribution in [0, 0.1) is 0 Å². The third-order valence-corrected chi connectivity index (χ3v) is 3.07. The molecule has 0 radical (unpaired) electrons. The van der Waals surface area contributed by atoms with Crippen LogP contribution in [-0.2, 0) is 6.54 Å². The minimum absolute atomic E-state index is 0.449. The van der Waals surface area contributed by atoms with E-state index >= 15 is 0 Å². The van der Waals surface area contributed by atoms with Gasteiger partial charge >= 0.3 is 0 Å². The fourth-order valence-corrected chi connectivity index (χ4v) is 1.96. The standard InChI is InChI=1S/C15H22N4/c1-4-7-16-10-13-11-17-8-5-15(13)19-9-6-14(18-19)12(2)3/h5-6,8-9,11-12,16H,4,7,10H2,1-3H3. The Balaban J connectivity index is 2.22. The molecular formula is C15H22N4. The summed E-state index contributed by atoms with van der Waals surface area (Å²) in [6.45, 7) is 8.32. The predicted octanol–water partition coefficient (Wildman–Crippen LogP) is 2.89. The van der Waals surface area contributed by atoms with Crippen LogP contribution in [0.15, 0.2) is 30.7 Å². The lowest BCUT2D eigenvalue weighted by Gasteiger charge is -2.10. The van der Waals surface area contributed by atoms with Crippen molar-refractivity contribution in [1.29, 1.82) is 0 Å². The van der Waals surface area contributed by atoms with Gasteiger partial charge in [0, 0.05) is 30.7 Å². The molecule has 0 unspecified atom stereocenters. The molecule has 19 heavy (non-hydrogen) atoms. The highest BCUT2D eigenvalue weighted by Crippen LogP contribution is 2.16. The zero-order valence-corrected chi connectivity index (χ0v) is 11.9. The number of hydrogen-bond acceptors (Lipinski definition) is 3. The second-order valence-electron chi connectivity index (χ2n) is 5.02. The average molecular weight is 258 g/mol. The minimum Gasteiger partial charge on any atom is -0.313 e. The Morgan fingerprint density at radius 3 is 2.84 bits per heavy atom. The smallest absolute Gasteiger partial charge is 0.0721 e. The van der Waals surface area contributed by atoms with Crippen molar-refractivity contribution >= 4 is 0 Å². The topological polar surface area (TPSA) is 42.7 Å². The number of nitrogens with zero attached hydrogens (tertiary/aromatic N) is 3. The second-order valence-corrected chi connectivity index (χ2v) is 5.02. The number of hydrogen-bond donors (Lipinski definition) is 1. The lowest BCUT2D eigenvalue weighted by molar-refractivity contribution is 0.667. The first-order valence-corrected chi connectivity index (χ1v) is 6.92. The van der Waals surface area contributed by atoms with Crippen LogP contribution in [0.25, 0.3) is 5.69 Å². The molecule has 2 aromatic rings. The lowest BCUT2D eigenvalue weighted by Crippen LogP contribution is -2.16. The molecule has 1 N–H and O–H groups in total. The third-order valence-electron chi connectivity index (χ3n) is 3.07. The van der Waals surface area contributed by atoms with Crippen LogP contribution < -0.4 is 5.32 Å². The van der Waals surface area contributed by atoms with Gasteiger partial charge in [0.25, 0.3) is 0 Å². The summed E-state index contributed by atoms with van der Waals surface area (Å²) in [7, 11) is 0. The van der Waals surface area contributed by atoms with E-state index in [2.05, 4.69) is 42.2 Å². The Hall–Kier alpha value is -1.68. The second kappa shape index (κ2) is 6.48. The molecule has 0 amide bonds. The van der Waals surface area contributed by atoms with Crippen LogP contribution in [0.2, 0.25) is 0 Å². The van der Waals surface area contributed by atoms with Crippen LogP contribution in [0.4, 0.5) is 0 Å². The molecule has 0 aliphatic carbocycles. The Morgan fingerprint density at radius 2 is 2.16 bits per heavy atom. The van der Waals surface area contributed by atoms with E-state index in [9.17, 15) is 0 Å². The maximum Gasteiger partial charge on any atom is 0.0721 e. The highest BCUT2D eigenvalue weighted by atomic mass is 15.3. The van der Waals surface area contributed by atoms with Gasteiger partial charge in [-0.05, 0) is 31.0 Å². The monoisotopic (exact) mass is 258 g/mol. The molecule has 4 nitrogen and oxygen atoms in total. The van der Waals surface area contributed by atoms with Crippen molar-refractivity contribution in [3.05, 3.63) is 42.0 Å². The largest absolute Gasteiger partial charge is 0.313 e. The summed E-state index contributed by atoms with van der Waals surface area (Å²) < 4.78 is 1.94. The van der Waals surface area contributed by atoms with Crippen LogP contribution in [-0.4, -0.2) is 21.3 Å². The van der Waals surface area contributed by atoms with Crippen LogP contribution in [0.1, 0.15) is 44.4 Å². The number of nitrogens with one attached hydrogen (secondary N) is 1. The van der Waals surface area contributed by atoms with Crippen molar-refractivity contribution in [2.75, 3.05) is 6.54 Å². The summed E-state index contributed by atoms with van der Waals surface area (Å²) in [5.41, 5.74) is 3.39. The summed E-state index contributed by atoms with van der Waals surface area (Å²) in [6.07, 6.45) is 6.88. The van der Waals surface area contributed by atoms with Gasteiger partial charge in [-0.2, -0.15) is 5.10 Å². The van der Waals surface area contributed by atoms with E-state index < -0.39 is 0 Å². The molecule has 0 aromatic carbocycles. The van der Waals surface area contributed by atoms with Gasteiger partial charge in [-0.25, -0.2) is 4.68 Å². The zero-order valence-electron chi connectivity index (χ0n) is 11.9. The molecule has 0 atom stereocenters. The van der Waals surface area contributed by atoms with E-state index in [0.717, 1.165) is 30.9 Å². The predicted molar refractivity (Wildman–Crippen MR) is 77.4 cm³/mol. The Kier molecular flexibility index (Phi) is 4.68. The van der Waals surface area contributed by atoms with Crippen LogP contribution >= 0.6 is 0 Å². The summed E-state index contributed by atoms with van der Waals surface area (Å²) in [4.78, 5) is 4.21. The maximum atomic E-state index is 4.63. The highest BCUT2D eigenvalue weighted by molar-refractivity contribution is 5.38. The Bertz CT molecular complexity index is 516. The molecular weight excluding hydrogens is 236 g/mol. The van der Waals surface area contributed by atoms with Crippen molar-refractivity contribution < 1.29 is 0 Å². The molecule has 0 fully saturated rings. The molecule has 0 aliphatic rings. The van der Waals surface area contributed by atoms with Crippen LogP contribution in [0.3, 0.4) is 0 Å². The SMILES string of the molecule is CCCNCc1cnccc1-n1ccc(C(C)C)n1. The van der Waals surface area contributed by atoms with Gasteiger partial charge in [0.1, 0.15) is 0 Å². The van der Waals surface area contributed by atoms with Gasteiger partial charge in [0.05, 0.1) is 11.4 Å². The third kappa shape index (κ3) is 3.41. The van der Waals surface area contributed by atoms with E-state index in [1.54, 1.807) is 0 Å². The lowest BCUT2D eigenvalue weighted by atomic mass is 10.1. The van der Waals surface area contributed by atoms with Gasteiger partial charge < -0.3 is 5.32 Å². The molecule has 2 heterocycles. The Morgan fingerprint density at radius 1 is 1.32 bits per heavy atom. The quantitative estimate of drug-likeness (QED) is 0.810. The van der Waals surface area contributed by atoms with Gasteiger partial charge in [-0.3, -0.25) is 4.98 Å². The van der Waals surface area contributed by atoms with E-state index in [0.29, 0.717) is 5.92 Å². The van der Waals surface area contributed by atoms with Crippen molar-refractivity contribution in [3.63, 3.8) is 0 Å². The minimum atomic E-state index is 0.449. The first-order chi connectivity index (χ1) is 9.22. The fraction of sp³-hybridized carbons (Fsp3) is 0.467. The van der Waals surface area contributed by atoms with Gasteiger partial charge in [-0.1, -0.05) is 20.8 Å². The molecule has 2 aromatic heterocycles.